The molecule has 0 fully saturated rings. The zero-order valence-corrected chi connectivity index (χ0v) is 19.2. The summed E-state index contributed by atoms with van der Waals surface area (Å²) in [6.07, 6.45) is 19.2. The van der Waals surface area contributed by atoms with Crippen LogP contribution >= 0.6 is 7.82 Å². The van der Waals surface area contributed by atoms with Gasteiger partial charge in [0.15, 0.2) is 0 Å². The molecule has 1 atom stereocenters. The monoisotopic (exact) mass is 406 g/mol. The summed E-state index contributed by atoms with van der Waals surface area (Å²) in [5.41, 5.74) is 0. The predicted molar refractivity (Wildman–Crippen MR) is 115 cm³/mol. The molecule has 0 spiro atoms. The second-order valence-corrected chi connectivity index (χ2v) is 9.83. The van der Waals surface area contributed by atoms with E-state index in [0.717, 1.165) is 25.7 Å². The maximum Gasteiger partial charge on any atom is 0.472 e. The van der Waals surface area contributed by atoms with Crippen molar-refractivity contribution < 1.29 is 23.0 Å². The average molecular weight is 407 g/mol. The third kappa shape index (κ3) is 22.0. The molecule has 0 heterocycles. The van der Waals surface area contributed by atoms with E-state index in [1.165, 1.54) is 51.4 Å². The number of nitrogens with zero attached hydrogens (tertiary/aromatic N) is 1. The van der Waals surface area contributed by atoms with Gasteiger partial charge in [0.05, 0.1) is 27.7 Å². The highest BCUT2D eigenvalue weighted by atomic mass is 31.2. The molecule has 0 amide bonds. The highest BCUT2D eigenvalue weighted by Crippen LogP contribution is 2.43. The zero-order chi connectivity index (χ0) is 20.4. The molecule has 27 heavy (non-hydrogen) atoms. The molecular weight excluding hydrogens is 361 g/mol. The van der Waals surface area contributed by atoms with Crippen LogP contribution in [0.5, 0.6) is 0 Å². The van der Waals surface area contributed by atoms with Crippen LogP contribution in [0.4, 0.5) is 0 Å². The number of allylic oxidation sites excluding steroid dienone is 2. The summed E-state index contributed by atoms with van der Waals surface area (Å²) < 4.78 is 22.4. The second-order valence-electron chi connectivity index (χ2n) is 8.38. The van der Waals surface area contributed by atoms with Crippen LogP contribution in [0.25, 0.3) is 0 Å². The third-order valence-electron chi connectivity index (χ3n) is 4.43. The van der Waals surface area contributed by atoms with Crippen molar-refractivity contribution in [1.29, 1.82) is 0 Å². The second kappa shape index (κ2) is 16.7. The first-order valence-electron chi connectivity index (χ1n) is 10.8. The molecule has 6 heteroatoms. The van der Waals surface area contributed by atoms with E-state index in [0.29, 0.717) is 11.0 Å². The summed E-state index contributed by atoms with van der Waals surface area (Å²) in [6, 6.07) is 0. The first-order chi connectivity index (χ1) is 12.8. The zero-order valence-electron chi connectivity index (χ0n) is 18.3. The Morgan fingerprint density at radius 2 is 1.26 bits per heavy atom. The van der Waals surface area contributed by atoms with E-state index < -0.39 is 7.82 Å². The Kier molecular flexibility index (Phi) is 16.6. The minimum Gasteiger partial charge on any atom is -0.329 e. The van der Waals surface area contributed by atoms with Crippen molar-refractivity contribution in [2.24, 2.45) is 0 Å². The van der Waals surface area contributed by atoms with Crippen LogP contribution < -0.4 is 0 Å². The SMILES string of the molecule is CCCCCCC/C=C\CCCCCCCOP(=O)(O)OCC[N+](C)(C)C. The first kappa shape index (κ1) is 26.8. The molecule has 0 rings (SSSR count). The lowest BCUT2D eigenvalue weighted by molar-refractivity contribution is -0.870. The van der Waals surface area contributed by atoms with Crippen molar-refractivity contribution in [3.8, 4) is 0 Å². The van der Waals surface area contributed by atoms with Crippen LogP contribution in [0.2, 0.25) is 0 Å². The first-order valence-corrected chi connectivity index (χ1v) is 12.3. The van der Waals surface area contributed by atoms with E-state index in [2.05, 4.69) is 19.1 Å². The average Bonchev–Trinajstić information content (AvgIpc) is 2.57. The lowest BCUT2D eigenvalue weighted by Crippen LogP contribution is -2.37. The van der Waals surface area contributed by atoms with E-state index in [4.69, 9.17) is 9.05 Å². The number of rotatable bonds is 19. The highest BCUT2D eigenvalue weighted by Gasteiger charge is 2.21. The molecule has 1 N–H and O–H groups in total. The van der Waals surface area contributed by atoms with Crippen molar-refractivity contribution >= 4 is 7.82 Å². The Hall–Kier alpha value is -0.190. The van der Waals surface area contributed by atoms with Crippen molar-refractivity contribution in [2.75, 3.05) is 40.9 Å². The topological polar surface area (TPSA) is 55.8 Å². The fraction of sp³-hybridized carbons (Fsp3) is 0.905. The molecule has 0 saturated heterocycles. The van der Waals surface area contributed by atoms with Crippen LogP contribution in [0, 0.1) is 0 Å². The van der Waals surface area contributed by atoms with Gasteiger partial charge < -0.3 is 9.38 Å². The standard InChI is InChI=1S/C21H44NO4P/c1-5-6-7-8-9-10-11-12-13-14-15-16-17-18-20-25-27(23,24)26-21-19-22(2,3)4/h11-12H,5-10,13-21H2,1-4H3/p+1/b12-11-. The Bertz CT molecular complexity index is 407. The molecule has 0 aliphatic carbocycles. The van der Waals surface area contributed by atoms with Crippen LogP contribution in [0.1, 0.15) is 84.0 Å². The van der Waals surface area contributed by atoms with Crippen LogP contribution in [0.3, 0.4) is 0 Å². The maximum absolute atomic E-state index is 11.7. The maximum atomic E-state index is 11.7. The molecule has 0 radical (unpaired) electrons. The van der Waals surface area contributed by atoms with Gasteiger partial charge in [0, 0.05) is 0 Å². The summed E-state index contributed by atoms with van der Waals surface area (Å²) in [5.74, 6) is 0. The molecule has 0 aliphatic heterocycles. The number of quaternary nitrogens is 1. The van der Waals surface area contributed by atoms with Gasteiger partial charge in [-0.3, -0.25) is 9.05 Å². The van der Waals surface area contributed by atoms with Crippen molar-refractivity contribution in [1.82, 2.24) is 0 Å². The predicted octanol–water partition coefficient (Wildman–Crippen LogP) is 6.08. The number of phosphoric ester groups is 1. The summed E-state index contributed by atoms with van der Waals surface area (Å²) in [7, 11) is 2.15. The summed E-state index contributed by atoms with van der Waals surface area (Å²) in [6.45, 7) is 3.43. The van der Waals surface area contributed by atoms with E-state index in [-0.39, 0.29) is 13.2 Å². The summed E-state index contributed by atoms with van der Waals surface area (Å²) >= 11 is 0. The quantitative estimate of drug-likeness (QED) is 0.122. The minimum atomic E-state index is -3.88. The molecule has 0 saturated carbocycles. The molecule has 0 aromatic heterocycles. The summed E-state index contributed by atoms with van der Waals surface area (Å²) in [4.78, 5) is 9.61. The lowest BCUT2D eigenvalue weighted by Gasteiger charge is -2.24. The molecule has 0 aromatic rings. The largest absolute Gasteiger partial charge is 0.472 e. The van der Waals surface area contributed by atoms with Gasteiger partial charge in [0.1, 0.15) is 13.2 Å². The van der Waals surface area contributed by atoms with Crippen molar-refractivity contribution in [3.63, 3.8) is 0 Å². The van der Waals surface area contributed by atoms with Crippen molar-refractivity contribution in [3.05, 3.63) is 12.2 Å². The fourth-order valence-electron chi connectivity index (χ4n) is 2.64. The van der Waals surface area contributed by atoms with Crippen molar-refractivity contribution in [2.45, 2.75) is 84.0 Å². The van der Waals surface area contributed by atoms with E-state index >= 15 is 0 Å². The Morgan fingerprint density at radius 1 is 0.778 bits per heavy atom. The number of phosphoric acid groups is 1. The third-order valence-corrected chi connectivity index (χ3v) is 5.44. The minimum absolute atomic E-state index is 0.226. The van der Waals surface area contributed by atoms with Gasteiger partial charge in [0.25, 0.3) is 0 Å². The molecule has 0 bridgehead atoms. The molecule has 0 aliphatic rings. The van der Waals surface area contributed by atoms with Crippen LogP contribution in [-0.4, -0.2) is 50.3 Å². The number of likely N-dealkylation sites (N-methyl/N-ethyl adjacent to an activating group) is 1. The molecule has 5 nitrogen and oxygen atoms in total. The van der Waals surface area contributed by atoms with E-state index in [9.17, 15) is 9.46 Å². The molecule has 162 valence electrons. The van der Waals surface area contributed by atoms with Gasteiger partial charge in [-0.05, 0) is 32.1 Å². The fourth-order valence-corrected chi connectivity index (χ4v) is 3.39. The smallest absolute Gasteiger partial charge is 0.329 e. The van der Waals surface area contributed by atoms with Gasteiger partial charge in [0.2, 0.25) is 0 Å². The highest BCUT2D eigenvalue weighted by molar-refractivity contribution is 7.47. The lowest BCUT2D eigenvalue weighted by atomic mass is 10.1. The number of hydrogen-bond acceptors (Lipinski definition) is 3. The van der Waals surface area contributed by atoms with Gasteiger partial charge in [-0.15, -0.1) is 0 Å². The Labute approximate surface area is 168 Å². The number of hydrogen-bond donors (Lipinski definition) is 1. The Morgan fingerprint density at radius 3 is 1.81 bits per heavy atom. The number of unbranched alkanes of at least 4 members (excludes halogenated alkanes) is 10. The van der Waals surface area contributed by atoms with Crippen LogP contribution in [-0.2, 0) is 13.6 Å². The van der Waals surface area contributed by atoms with E-state index in [1.807, 2.05) is 21.1 Å². The molecule has 0 aromatic carbocycles. The van der Waals surface area contributed by atoms with Gasteiger partial charge in [-0.25, -0.2) is 4.57 Å². The van der Waals surface area contributed by atoms with Gasteiger partial charge in [-0.2, -0.15) is 0 Å². The summed E-state index contributed by atoms with van der Waals surface area (Å²) in [5, 5.41) is 0. The van der Waals surface area contributed by atoms with Gasteiger partial charge >= 0.3 is 7.82 Å². The Balaban J connectivity index is 3.40. The molecular formula is C21H45NO4P+. The van der Waals surface area contributed by atoms with E-state index in [1.54, 1.807) is 0 Å². The van der Waals surface area contributed by atoms with Crippen LogP contribution in [0.15, 0.2) is 12.2 Å². The molecule has 1 unspecified atom stereocenters. The van der Waals surface area contributed by atoms with Gasteiger partial charge in [-0.1, -0.05) is 64.0 Å². The normalized spacial score (nSPS) is 14.7.